The number of nitrogens with zero attached hydrogens (tertiary/aromatic N) is 1. The minimum Gasteiger partial charge on any atom is -0.352 e. The highest BCUT2D eigenvalue weighted by molar-refractivity contribution is 6.29. The van der Waals surface area contributed by atoms with E-state index in [9.17, 15) is 4.79 Å². The van der Waals surface area contributed by atoms with Gasteiger partial charge in [0.25, 0.3) is 5.91 Å². The normalized spacial score (nSPS) is 10.2. The van der Waals surface area contributed by atoms with Gasteiger partial charge in [0.15, 0.2) is 0 Å². The number of halogens is 1. The van der Waals surface area contributed by atoms with Gasteiger partial charge < -0.3 is 5.32 Å². The van der Waals surface area contributed by atoms with Crippen LogP contribution in [0.2, 0.25) is 5.15 Å². The number of carbonyl (C=O) groups is 1. The zero-order chi connectivity index (χ0) is 12.0. The molecule has 0 saturated carbocycles. The molecule has 1 aromatic heterocycles. The second kappa shape index (κ2) is 6.48. The van der Waals surface area contributed by atoms with Crippen molar-refractivity contribution in [1.29, 1.82) is 0 Å². The fourth-order valence-electron chi connectivity index (χ4n) is 1.44. The van der Waals surface area contributed by atoms with E-state index >= 15 is 0 Å². The maximum absolute atomic E-state index is 11.7. The topological polar surface area (TPSA) is 42.0 Å². The van der Waals surface area contributed by atoms with Crippen molar-refractivity contribution in [2.24, 2.45) is 0 Å². The van der Waals surface area contributed by atoms with E-state index in [4.69, 9.17) is 11.6 Å². The lowest BCUT2D eigenvalue weighted by Crippen LogP contribution is -2.24. The van der Waals surface area contributed by atoms with E-state index in [0.29, 0.717) is 17.3 Å². The average Bonchev–Trinajstić information content (AvgIpc) is 2.22. The van der Waals surface area contributed by atoms with Gasteiger partial charge in [-0.1, -0.05) is 31.4 Å². The Bertz CT molecular complexity index is 346. The summed E-state index contributed by atoms with van der Waals surface area (Å²) in [5.74, 6) is -0.0801. The van der Waals surface area contributed by atoms with Gasteiger partial charge in [0.2, 0.25) is 0 Å². The SMILES string of the molecule is CCCCCNC(=O)c1cc(C)nc(Cl)c1. The third-order valence-corrected chi connectivity index (χ3v) is 2.44. The van der Waals surface area contributed by atoms with E-state index < -0.39 is 0 Å². The van der Waals surface area contributed by atoms with Crippen LogP contribution in [0.15, 0.2) is 12.1 Å². The summed E-state index contributed by atoms with van der Waals surface area (Å²) in [7, 11) is 0. The summed E-state index contributed by atoms with van der Waals surface area (Å²) >= 11 is 5.79. The molecule has 0 aliphatic heterocycles. The average molecular weight is 241 g/mol. The van der Waals surface area contributed by atoms with Crippen LogP contribution in [0.1, 0.15) is 42.2 Å². The highest BCUT2D eigenvalue weighted by atomic mass is 35.5. The molecule has 1 heterocycles. The number of amides is 1. The Kier molecular flexibility index (Phi) is 5.26. The maximum Gasteiger partial charge on any atom is 0.251 e. The van der Waals surface area contributed by atoms with Crippen molar-refractivity contribution in [3.05, 3.63) is 28.5 Å². The van der Waals surface area contributed by atoms with Crippen molar-refractivity contribution in [1.82, 2.24) is 10.3 Å². The highest BCUT2D eigenvalue weighted by Gasteiger charge is 2.06. The molecule has 0 aromatic carbocycles. The fourth-order valence-corrected chi connectivity index (χ4v) is 1.69. The number of pyridine rings is 1. The van der Waals surface area contributed by atoms with Crippen molar-refractivity contribution in [3.63, 3.8) is 0 Å². The van der Waals surface area contributed by atoms with Crippen LogP contribution in [0.5, 0.6) is 0 Å². The molecule has 16 heavy (non-hydrogen) atoms. The second-order valence-corrected chi connectivity index (χ2v) is 4.17. The molecule has 88 valence electrons. The summed E-state index contributed by atoms with van der Waals surface area (Å²) in [5, 5.41) is 3.22. The summed E-state index contributed by atoms with van der Waals surface area (Å²) in [6.07, 6.45) is 3.30. The quantitative estimate of drug-likeness (QED) is 0.635. The van der Waals surface area contributed by atoms with Crippen LogP contribution in [0.25, 0.3) is 0 Å². The van der Waals surface area contributed by atoms with Crippen molar-refractivity contribution in [2.75, 3.05) is 6.54 Å². The van der Waals surface area contributed by atoms with Gasteiger partial charge in [-0.25, -0.2) is 4.98 Å². The number of nitrogens with one attached hydrogen (secondary N) is 1. The minimum absolute atomic E-state index is 0.0801. The summed E-state index contributed by atoms with van der Waals surface area (Å²) in [6.45, 7) is 4.67. The molecule has 1 N–H and O–H groups in total. The predicted octanol–water partition coefficient (Wildman–Crippen LogP) is 2.96. The van der Waals surface area contributed by atoms with Crippen molar-refractivity contribution in [3.8, 4) is 0 Å². The zero-order valence-electron chi connectivity index (χ0n) is 9.72. The van der Waals surface area contributed by atoms with Crippen molar-refractivity contribution < 1.29 is 4.79 Å². The third kappa shape index (κ3) is 4.19. The molecule has 0 atom stereocenters. The van der Waals surface area contributed by atoms with Gasteiger partial charge in [-0.15, -0.1) is 0 Å². The van der Waals surface area contributed by atoms with E-state index in [1.807, 2.05) is 6.92 Å². The number of aromatic nitrogens is 1. The molecule has 0 unspecified atom stereocenters. The lowest BCUT2D eigenvalue weighted by Gasteiger charge is -2.05. The maximum atomic E-state index is 11.7. The van der Waals surface area contributed by atoms with Gasteiger partial charge in [-0.2, -0.15) is 0 Å². The number of unbranched alkanes of at least 4 members (excludes halogenated alkanes) is 2. The minimum atomic E-state index is -0.0801. The third-order valence-electron chi connectivity index (χ3n) is 2.25. The molecule has 4 heteroatoms. The van der Waals surface area contributed by atoms with Crippen LogP contribution in [-0.4, -0.2) is 17.4 Å². The van der Waals surface area contributed by atoms with Crippen LogP contribution < -0.4 is 5.32 Å². The van der Waals surface area contributed by atoms with Gasteiger partial charge in [-0.3, -0.25) is 4.79 Å². The Labute approximate surface area is 101 Å². The molecule has 1 rings (SSSR count). The number of hydrogen-bond acceptors (Lipinski definition) is 2. The summed E-state index contributed by atoms with van der Waals surface area (Å²) in [5.41, 5.74) is 1.33. The molecule has 1 aromatic rings. The largest absolute Gasteiger partial charge is 0.352 e. The van der Waals surface area contributed by atoms with Crippen molar-refractivity contribution >= 4 is 17.5 Å². The first-order chi connectivity index (χ1) is 7.63. The lowest BCUT2D eigenvalue weighted by molar-refractivity contribution is 0.0952. The Morgan fingerprint density at radius 1 is 1.44 bits per heavy atom. The number of carbonyl (C=O) groups excluding carboxylic acids is 1. The molecule has 0 spiro atoms. The number of hydrogen-bond donors (Lipinski definition) is 1. The number of rotatable bonds is 5. The monoisotopic (exact) mass is 240 g/mol. The number of aryl methyl sites for hydroxylation is 1. The van der Waals surface area contributed by atoms with Crippen LogP contribution in [0.3, 0.4) is 0 Å². The molecule has 0 aliphatic rings. The molecule has 1 amide bonds. The molecular weight excluding hydrogens is 224 g/mol. The lowest BCUT2D eigenvalue weighted by atomic mass is 10.2. The Morgan fingerprint density at radius 2 is 2.19 bits per heavy atom. The zero-order valence-corrected chi connectivity index (χ0v) is 10.5. The van der Waals surface area contributed by atoms with E-state index in [-0.39, 0.29) is 5.91 Å². The molecule has 0 aliphatic carbocycles. The molecule has 0 saturated heterocycles. The first kappa shape index (κ1) is 13.0. The highest BCUT2D eigenvalue weighted by Crippen LogP contribution is 2.10. The van der Waals surface area contributed by atoms with Crippen LogP contribution in [0.4, 0.5) is 0 Å². The molecule has 0 radical (unpaired) electrons. The summed E-state index contributed by atoms with van der Waals surface area (Å²) < 4.78 is 0. The molecular formula is C12H17ClN2O. The molecule has 0 bridgehead atoms. The molecule has 3 nitrogen and oxygen atoms in total. The Hall–Kier alpha value is -1.09. The second-order valence-electron chi connectivity index (χ2n) is 3.78. The first-order valence-corrected chi connectivity index (χ1v) is 5.93. The van der Waals surface area contributed by atoms with Gasteiger partial charge in [-0.05, 0) is 25.5 Å². The smallest absolute Gasteiger partial charge is 0.251 e. The standard InChI is InChI=1S/C12H17ClN2O/c1-3-4-5-6-14-12(16)10-7-9(2)15-11(13)8-10/h7-8H,3-6H2,1-2H3,(H,14,16). The summed E-state index contributed by atoms with van der Waals surface area (Å²) in [4.78, 5) is 15.7. The van der Waals surface area contributed by atoms with Crippen LogP contribution >= 0.6 is 11.6 Å². The van der Waals surface area contributed by atoms with Crippen LogP contribution in [0, 0.1) is 6.92 Å². The first-order valence-electron chi connectivity index (χ1n) is 5.56. The van der Waals surface area contributed by atoms with Gasteiger partial charge in [0.05, 0.1) is 0 Å². The summed E-state index contributed by atoms with van der Waals surface area (Å²) in [6, 6.07) is 3.32. The van der Waals surface area contributed by atoms with Crippen molar-refractivity contribution in [2.45, 2.75) is 33.1 Å². The molecule has 0 fully saturated rings. The predicted molar refractivity (Wildman–Crippen MR) is 65.8 cm³/mol. The van der Waals surface area contributed by atoms with E-state index in [0.717, 1.165) is 25.0 Å². The fraction of sp³-hybridized carbons (Fsp3) is 0.500. The van der Waals surface area contributed by atoms with E-state index in [1.54, 1.807) is 12.1 Å². The van der Waals surface area contributed by atoms with Gasteiger partial charge in [0.1, 0.15) is 5.15 Å². The van der Waals surface area contributed by atoms with Crippen LogP contribution in [-0.2, 0) is 0 Å². The Morgan fingerprint density at radius 3 is 2.81 bits per heavy atom. The van der Waals surface area contributed by atoms with E-state index in [1.165, 1.54) is 0 Å². The van der Waals surface area contributed by atoms with Gasteiger partial charge in [0, 0.05) is 17.8 Å². The van der Waals surface area contributed by atoms with Gasteiger partial charge >= 0.3 is 0 Å². The Balaban J connectivity index is 2.52. The van der Waals surface area contributed by atoms with E-state index in [2.05, 4.69) is 17.2 Å².